The maximum atomic E-state index is 14.5. The van der Waals surface area contributed by atoms with Crippen LogP contribution in [0.4, 0.5) is 5.69 Å². The van der Waals surface area contributed by atoms with E-state index < -0.39 is 34.1 Å². The van der Waals surface area contributed by atoms with E-state index >= 15 is 0 Å². The zero-order valence-corrected chi connectivity index (χ0v) is 27.0. The summed E-state index contributed by atoms with van der Waals surface area (Å²) in [5.74, 6) is -0.838. The molecule has 0 spiro atoms. The first-order chi connectivity index (χ1) is 20.8. The molecule has 4 aromatic rings. The van der Waals surface area contributed by atoms with Crippen molar-refractivity contribution in [3.8, 4) is 0 Å². The van der Waals surface area contributed by atoms with Crippen LogP contribution < -0.4 is 9.62 Å². The normalized spacial score (nSPS) is 12.3. The van der Waals surface area contributed by atoms with Crippen molar-refractivity contribution in [2.24, 2.45) is 0 Å². The molecule has 230 valence electrons. The van der Waals surface area contributed by atoms with Crippen molar-refractivity contribution in [2.75, 3.05) is 10.8 Å². The topological polar surface area (TPSA) is 86.8 Å². The SMILES string of the molecule is Cc1ccccc1CN(C(=O)CN(c1ccccc1)S(=O)(=O)c1ccc(Cl)cc1)[C@H](Cc1ccccc1)C(=O)NC(C)(C)C. The highest BCUT2D eigenvalue weighted by molar-refractivity contribution is 7.92. The zero-order valence-electron chi connectivity index (χ0n) is 25.4. The number of carbonyl (C=O) groups is 2. The lowest BCUT2D eigenvalue weighted by Gasteiger charge is -2.35. The van der Waals surface area contributed by atoms with Crippen LogP contribution in [0.2, 0.25) is 5.02 Å². The Labute approximate surface area is 265 Å². The minimum Gasteiger partial charge on any atom is -0.350 e. The standard InChI is InChI=1S/C35H38ClN3O4S/c1-26-13-11-12-16-28(26)24-38(32(34(41)37-35(2,3)4)23-27-14-7-5-8-15-27)33(40)25-39(30-17-9-6-10-18-30)44(42,43)31-21-19-29(36)20-22-31/h5-22,32H,23-25H2,1-4H3,(H,37,41)/t32-/m1/s1. The number of nitrogens with zero attached hydrogens (tertiary/aromatic N) is 2. The van der Waals surface area contributed by atoms with E-state index in [9.17, 15) is 18.0 Å². The molecule has 0 aliphatic heterocycles. The fraction of sp³-hybridized carbons (Fsp3) is 0.257. The van der Waals surface area contributed by atoms with Crippen LogP contribution in [0.25, 0.3) is 0 Å². The molecule has 0 aliphatic rings. The number of hydrogen-bond donors (Lipinski definition) is 1. The smallest absolute Gasteiger partial charge is 0.264 e. The maximum absolute atomic E-state index is 14.5. The third kappa shape index (κ3) is 8.49. The lowest BCUT2D eigenvalue weighted by molar-refractivity contribution is -0.140. The predicted octanol–water partition coefficient (Wildman–Crippen LogP) is 6.40. The minimum atomic E-state index is -4.19. The highest BCUT2D eigenvalue weighted by atomic mass is 35.5. The van der Waals surface area contributed by atoms with Crippen molar-refractivity contribution < 1.29 is 18.0 Å². The van der Waals surface area contributed by atoms with Crippen molar-refractivity contribution in [3.05, 3.63) is 131 Å². The van der Waals surface area contributed by atoms with E-state index in [1.54, 1.807) is 30.3 Å². The summed E-state index contributed by atoms with van der Waals surface area (Å²) in [6.07, 6.45) is 0.246. The Kier molecular flexibility index (Phi) is 10.5. The van der Waals surface area contributed by atoms with Crippen molar-refractivity contribution in [2.45, 2.75) is 57.1 Å². The van der Waals surface area contributed by atoms with Gasteiger partial charge in [0.05, 0.1) is 10.6 Å². The van der Waals surface area contributed by atoms with Gasteiger partial charge >= 0.3 is 0 Å². The van der Waals surface area contributed by atoms with Crippen LogP contribution in [0.3, 0.4) is 0 Å². The average molecular weight is 632 g/mol. The van der Waals surface area contributed by atoms with Crippen molar-refractivity contribution in [3.63, 3.8) is 0 Å². The number of para-hydroxylation sites is 1. The van der Waals surface area contributed by atoms with E-state index in [-0.39, 0.29) is 23.8 Å². The third-order valence-corrected chi connectivity index (χ3v) is 9.14. The number of rotatable bonds is 11. The molecule has 2 amide bonds. The molecular weight excluding hydrogens is 594 g/mol. The van der Waals surface area contributed by atoms with Crippen LogP contribution >= 0.6 is 11.6 Å². The van der Waals surface area contributed by atoms with Gasteiger partial charge in [-0.15, -0.1) is 0 Å². The Morgan fingerprint density at radius 2 is 1.39 bits per heavy atom. The van der Waals surface area contributed by atoms with E-state index in [0.717, 1.165) is 21.0 Å². The van der Waals surface area contributed by atoms with Gasteiger partial charge in [-0.2, -0.15) is 0 Å². The summed E-state index contributed by atoms with van der Waals surface area (Å²) in [7, 11) is -4.19. The summed E-state index contributed by atoms with van der Waals surface area (Å²) < 4.78 is 29.1. The Morgan fingerprint density at radius 1 is 0.818 bits per heavy atom. The number of nitrogens with one attached hydrogen (secondary N) is 1. The first-order valence-corrected chi connectivity index (χ1v) is 16.2. The van der Waals surface area contributed by atoms with Gasteiger partial charge in [0.2, 0.25) is 11.8 Å². The van der Waals surface area contributed by atoms with Gasteiger partial charge in [-0.05, 0) is 80.8 Å². The second-order valence-corrected chi connectivity index (χ2v) is 14.0. The molecule has 44 heavy (non-hydrogen) atoms. The van der Waals surface area contributed by atoms with Crippen molar-refractivity contribution in [1.82, 2.24) is 10.2 Å². The van der Waals surface area contributed by atoms with Gasteiger partial charge in [0.25, 0.3) is 10.0 Å². The van der Waals surface area contributed by atoms with Crippen LogP contribution in [0, 0.1) is 6.92 Å². The molecule has 0 fully saturated rings. The molecule has 4 aromatic carbocycles. The largest absolute Gasteiger partial charge is 0.350 e. The molecule has 1 N–H and O–H groups in total. The van der Waals surface area contributed by atoms with E-state index in [2.05, 4.69) is 5.32 Å². The molecule has 9 heteroatoms. The quantitative estimate of drug-likeness (QED) is 0.208. The summed E-state index contributed by atoms with van der Waals surface area (Å²) in [5.41, 5.74) is 2.45. The average Bonchev–Trinajstić information content (AvgIpc) is 2.98. The minimum absolute atomic E-state index is 0.00434. The van der Waals surface area contributed by atoms with Gasteiger partial charge in [-0.1, -0.05) is 84.4 Å². The fourth-order valence-corrected chi connectivity index (χ4v) is 6.37. The summed E-state index contributed by atoms with van der Waals surface area (Å²) in [5, 5.41) is 3.44. The summed E-state index contributed by atoms with van der Waals surface area (Å²) in [6, 6.07) is 30.5. The number of benzene rings is 4. The molecule has 0 bridgehead atoms. The molecule has 4 rings (SSSR count). The second-order valence-electron chi connectivity index (χ2n) is 11.7. The van der Waals surface area contributed by atoms with Crippen LogP contribution in [-0.2, 0) is 32.6 Å². The Bertz CT molecular complexity index is 1670. The number of halogens is 1. The van der Waals surface area contributed by atoms with E-state index in [1.165, 1.54) is 29.2 Å². The molecule has 0 heterocycles. The van der Waals surface area contributed by atoms with Crippen LogP contribution in [0.15, 0.2) is 114 Å². The molecule has 0 aliphatic carbocycles. The van der Waals surface area contributed by atoms with Crippen molar-refractivity contribution >= 4 is 39.1 Å². The summed E-state index contributed by atoms with van der Waals surface area (Å²) in [4.78, 5) is 29.9. The third-order valence-electron chi connectivity index (χ3n) is 7.10. The van der Waals surface area contributed by atoms with Crippen LogP contribution in [0.1, 0.15) is 37.5 Å². The number of amides is 2. The molecule has 0 saturated heterocycles. The number of aryl methyl sites for hydroxylation is 1. The molecule has 1 atom stereocenters. The second kappa shape index (κ2) is 14.1. The molecule has 0 aromatic heterocycles. The van der Waals surface area contributed by atoms with Crippen molar-refractivity contribution in [1.29, 1.82) is 0 Å². The van der Waals surface area contributed by atoms with Gasteiger partial charge < -0.3 is 10.2 Å². The molecule has 7 nitrogen and oxygen atoms in total. The summed E-state index contributed by atoms with van der Waals surface area (Å²) in [6.45, 7) is 7.19. The van der Waals surface area contributed by atoms with Gasteiger partial charge in [-0.25, -0.2) is 8.42 Å². The Balaban J connectivity index is 1.81. The Morgan fingerprint density at radius 3 is 1.98 bits per heavy atom. The van der Waals surface area contributed by atoms with E-state index in [0.29, 0.717) is 10.7 Å². The van der Waals surface area contributed by atoms with Crippen LogP contribution in [0.5, 0.6) is 0 Å². The number of anilines is 1. The molecule has 0 saturated carbocycles. The molecular formula is C35H38ClN3O4S. The predicted molar refractivity (Wildman–Crippen MR) is 176 cm³/mol. The van der Waals surface area contributed by atoms with E-state index in [4.69, 9.17) is 11.6 Å². The van der Waals surface area contributed by atoms with E-state index in [1.807, 2.05) is 82.3 Å². The van der Waals surface area contributed by atoms with Gasteiger partial charge in [0.15, 0.2) is 0 Å². The first-order valence-electron chi connectivity index (χ1n) is 14.4. The van der Waals surface area contributed by atoms with Gasteiger partial charge in [0.1, 0.15) is 12.6 Å². The lowest BCUT2D eigenvalue weighted by atomic mass is 10.00. The van der Waals surface area contributed by atoms with Gasteiger partial charge in [0, 0.05) is 23.5 Å². The number of sulfonamides is 1. The highest BCUT2D eigenvalue weighted by Gasteiger charge is 2.35. The zero-order chi connectivity index (χ0) is 31.9. The summed E-state index contributed by atoms with van der Waals surface area (Å²) >= 11 is 6.04. The fourth-order valence-electron chi connectivity index (χ4n) is 4.83. The molecule has 0 radical (unpaired) electrons. The number of hydrogen-bond acceptors (Lipinski definition) is 4. The maximum Gasteiger partial charge on any atom is 0.264 e. The van der Waals surface area contributed by atoms with Crippen LogP contribution in [-0.4, -0.2) is 43.3 Å². The number of carbonyl (C=O) groups excluding carboxylic acids is 2. The first kappa shape index (κ1) is 32.8. The lowest BCUT2D eigenvalue weighted by Crippen LogP contribution is -2.56. The Hall–Kier alpha value is -4.14. The highest BCUT2D eigenvalue weighted by Crippen LogP contribution is 2.26. The van der Waals surface area contributed by atoms with Gasteiger partial charge in [-0.3, -0.25) is 13.9 Å². The molecule has 0 unspecified atom stereocenters. The monoisotopic (exact) mass is 631 g/mol.